The molecule has 0 atom stereocenters. The number of carbonyl (C=O) groups is 1. The molecule has 0 aliphatic heterocycles. The summed E-state index contributed by atoms with van der Waals surface area (Å²) < 4.78 is 13.5. The normalized spacial score (nSPS) is 11.8. The number of pyridine rings is 1. The molecule has 0 saturated heterocycles. The molecule has 0 spiro atoms. The van der Waals surface area contributed by atoms with Crippen LogP contribution in [0.3, 0.4) is 0 Å². The smallest absolute Gasteiger partial charge is 0.252 e. The summed E-state index contributed by atoms with van der Waals surface area (Å²) in [6.07, 6.45) is 3.15. The zero-order valence-electron chi connectivity index (χ0n) is 15.9. The van der Waals surface area contributed by atoms with Crippen LogP contribution in [0.25, 0.3) is 0 Å². The summed E-state index contributed by atoms with van der Waals surface area (Å²) in [4.78, 5) is 20.0. The van der Waals surface area contributed by atoms with Crippen LogP contribution in [-0.4, -0.2) is 43.5 Å². The number of aliphatic imine (C=N–C) groups is 1. The van der Waals surface area contributed by atoms with Crippen molar-refractivity contribution < 1.29 is 9.18 Å². The molecule has 0 aliphatic carbocycles. The van der Waals surface area contributed by atoms with Crippen molar-refractivity contribution in [3.63, 3.8) is 0 Å². The first kappa shape index (κ1) is 20.4. The van der Waals surface area contributed by atoms with Crippen LogP contribution in [0.1, 0.15) is 29.8 Å². The zero-order chi connectivity index (χ0) is 19.7. The third kappa shape index (κ3) is 6.36. The number of nitrogens with zero attached hydrogens (tertiary/aromatic N) is 2. The fourth-order valence-electron chi connectivity index (χ4n) is 2.49. The number of benzene rings is 1. The Kier molecular flexibility index (Phi) is 7.28. The molecule has 1 aromatic carbocycles. The molecule has 1 heterocycles. The number of rotatable bonds is 7. The Balaban J connectivity index is 1.76. The topological polar surface area (TPSA) is 78.4 Å². The van der Waals surface area contributed by atoms with Gasteiger partial charge in [-0.25, -0.2) is 4.39 Å². The van der Waals surface area contributed by atoms with E-state index in [1.54, 1.807) is 37.5 Å². The highest BCUT2D eigenvalue weighted by Crippen LogP contribution is 2.22. The number of halogens is 1. The average molecular weight is 371 g/mol. The van der Waals surface area contributed by atoms with Gasteiger partial charge in [-0.15, -0.1) is 0 Å². The van der Waals surface area contributed by atoms with Crippen molar-refractivity contribution >= 4 is 11.9 Å². The minimum atomic E-state index is -0.270. The first-order valence-corrected chi connectivity index (χ1v) is 8.81. The van der Waals surface area contributed by atoms with Crippen molar-refractivity contribution in [3.8, 4) is 0 Å². The third-order valence-electron chi connectivity index (χ3n) is 4.15. The monoisotopic (exact) mass is 371 g/mol. The first-order chi connectivity index (χ1) is 12.9. The predicted octanol–water partition coefficient (Wildman–Crippen LogP) is 2.09. The van der Waals surface area contributed by atoms with Crippen LogP contribution in [0.2, 0.25) is 0 Å². The Hall–Kier alpha value is -2.96. The summed E-state index contributed by atoms with van der Waals surface area (Å²) in [6.45, 7) is 5.62. The van der Waals surface area contributed by atoms with Crippen LogP contribution in [0.15, 0.2) is 53.8 Å². The zero-order valence-corrected chi connectivity index (χ0v) is 15.9. The molecule has 0 aliphatic rings. The van der Waals surface area contributed by atoms with Crippen molar-refractivity contribution in [2.24, 2.45) is 4.99 Å². The molecular weight excluding hydrogens is 345 g/mol. The summed E-state index contributed by atoms with van der Waals surface area (Å²) in [5.74, 6) is 0.211. The van der Waals surface area contributed by atoms with Crippen molar-refractivity contribution in [2.45, 2.75) is 19.3 Å². The molecule has 0 bridgehead atoms. The van der Waals surface area contributed by atoms with Gasteiger partial charge in [0.25, 0.3) is 5.91 Å². The largest absolute Gasteiger partial charge is 0.356 e. The van der Waals surface area contributed by atoms with E-state index in [2.05, 4.69) is 25.9 Å². The van der Waals surface area contributed by atoms with Crippen LogP contribution in [0.4, 0.5) is 4.39 Å². The highest BCUT2D eigenvalue weighted by molar-refractivity contribution is 5.93. The maximum atomic E-state index is 13.5. The maximum absolute atomic E-state index is 13.5. The van der Waals surface area contributed by atoms with E-state index < -0.39 is 0 Å². The van der Waals surface area contributed by atoms with E-state index in [1.807, 2.05) is 19.9 Å². The van der Waals surface area contributed by atoms with Gasteiger partial charge in [0.2, 0.25) is 0 Å². The van der Waals surface area contributed by atoms with E-state index in [9.17, 15) is 9.18 Å². The number of amides is 1. The lowest BCUT2D eigenvalue weighted by molar-refractivity contribution is 0.0954. The summed E-state index contributed by atoms with van der Waals surface area (Å²) in [5.41, 5.74) is 1.17. The van der Waals surface area contributed by atoms with Crippen LogP contribution in [0.5, 0.6) is 0 Å². The summed E-state index contributed by atoms with van der Waals surface area (Å²) in [6, 6.07) is 10.0. The van der Waals surface area contributed by atoms with Gasteiger partial charge in [0.05, 0.1) is 5.56 Å². The van der Waals surface area contributed by atoms with Crippen molar-refractivity contribution in [2.75, 3.05) is 26.7 Å². The molecule has 7 heteroatoms. The minimum Gasteiger partial charge on any atom is -0.356 e. The van der Waals surface area contributed by atoms with Crippen LogP contribution < -0.4 is 16.0 Å². The minimum absolute atomic E-state index is 0.167. The Bertz CT molecular complexity index is 777. The number of aromatic nitrogens is 1. The third-order valence-corrected chi connectivity index (χ3v) is 4.15. The van der Waals surface area contributed by atoms with E-state index in [0.29, 0.717) is 31.2 Å². The molecule has 0 unspecified atom stereocenters. The summed E-state index contributed by atoms with van der Waals surface area (Å²) in [5, 5.41) is 9.20. The molecule has 1 aromatic heterocycles. The molecule has 1 amide bonds. The number of hydrogen-bond acceptors (Lipinski definition) is 3. The van der Waals surface area contributed by atoms with Gasteiger partial charge in [0.1, 0.15) is 5.82 Å². The fourth-order valence-corrected chi connectivity index (χ4v) is 2.49. The van der Waals surface area contributed by atoms with Crippen LogP contribution in [0, 0.1) is 5.82 Å². The van der Waals surface area contributed by atoms with Gasteiger partial charge in [0.15, 0.2) is 5.96 Å². The second-order valence-corrected chi connectivity index (χ2v) is 6.74. The molecule has 0 radical (unpaired) electrons. The van der Waals surface area contributed by atoms with Crippen molar-refractivity contribution in [3.05, 3.63) is 65.7 Å². The lowest BCUT2D eigenvalue weighted by atomic mass is 9.84. The van der Waals surface area contributed by atoms with Crippen LogP contribution in [-0.2, 0) is 5.41 Å². The van der Waals surface area contributed by atoms with Gasteiger partial charge in [0, 0.05) is 44.5 Å². The predicted molar refractivity (Wildman–Crippen MR) is 105 cm³/mol. The van der Waals surface area contributed by atoms with Gasteiger partial charge in [-0.05, 0) is 29.8 Å². The van der Waals surface area contributed by atoms with E-state index in [1.165, 1.54) is 12.3 Å². The molecule has 2 rings (SSSR count). The molecule has 144 valence electrons. The Labute approximate surface area is 159 Å². The van der Waals surface area contributed by atoms with Crippen molar-refractivity contribution in [1.82, 2.24) is 20.9 Å². The maximum Gasteiger partial charge on any atom is 0.252 e. The van der Waals surface area contributed by atoms with Gasteiger partial charge in [-0.2, -0.15) is 0 Å². The van der Waals surface area contributed by atoms with Gasteiger partial charge in [-0.1, -0.05) is 26.0 Å². The lowest BCUT2D eigenvalue weighted by Crippen LogP contribution is -2.45. The van der Waals surface area contributed by atoms with Gasteiger partial charge >= 0.3 is 0 Å². The lowest BCUT2D eigenvalue weighted by Gasteiger charge is -2.27. The second kappa shape index (κ2) is 9.66. The van der Waals surface area contributed by atoms with E-state index in [4.69, 9.17) is 0 Å². The summed E-state index contributed by atoms with van der Waals surface area (Å²) in [7, 11) is 1.68. The Morgan fingerprint density at radius 1 is 1.15 bits per heavy atom. The standard InChI is InChI=1S/C20H26FN5O/c1-20(2,16-7-4-8-17(21)12-16)14-26-19(22-3)25-11-10-24-18(27)15-6-5-9-23-13-15/h4-9,12-13H,10-11,14H2,1-3H3,(H,24,27)(H2,22,25,26). The number of carbonyl (C=O) groups excluding carboxylic acids is 1. The molecule has 6 nitrogen and oxygen atoms in total. The molecule has 27 heavy (non-hydrogen) atoms. The van der Waals surface area contributed by atoms with E-state index >= 15 is 0 Å². The average Bonchev–Trinajstić information content (AvgIpc) is 2.68. The molecule has 2 aromatic rings. The highest BCUT2D eigenvalue weighted by Gasteiger charge is 2.21. The number of nitrogens with one attached hydrogen (secondary N) is 3. The second-order valence-electron chi connectivity index (χ2n) is 6.74. The SMILES string of the molecule is CN=C(NCCNC(=O)c1cccnc1)NCC(C)(C)c1cccc(F)c1. The van der Waals surface area contributed by atoms with E-state index in [0.717, 1.165) is 5.56 Å². The quantitative estimate of drug-likeness (QED) is 0.396. The van der Waals surface area contributed by atoms with Crippen molar-refractivity contribution in [1.29, 1.82) is 0 Å². The Morgan fingerprint density at radius 2 is 1.93 bits per heavy atom. The fraction of sp³-hybridized carbons (Fsp3) is 0.350. The molecular formula is C20H26FN5O. The Morgan fingerprint density at radius 3 is 2.59 bits per heavy atom. The summed E-state index contributed by atoms with van der Waals surface area (Å²) >= 11 is 0. The van der Waals surface area contributed by atoms with Crippen LogP contribution >= 0.6 is 0 Å². The van der Waals surface area contributed by atoms with E-state index in [-0.39, 0.29) is 17.1 Å². The number of guanidine groups is 1. The molecule has 0 saturated carbocycles. The van der Waals surface area contributed by atoms with Gasteiger partial charge in [-0.3, -0.25) is 14.8 Å². The van der Waals surface area contributed by atoms with Gasteiger partial charge < -0.3 is 16.0 Å². The first-order valence-electron chi connectivity index (χ1n) is 8.81. The number of hydrogen-bond donors (Lipinski definition) is 3. The highest BCUT2D eigenvalue weighted by atomic mass is 19.1. The molecule has 3 N–H and O–H groups in total. The molecule has 0 fully saturated rings.